The molecule has 2 aromatic heterocycles. The first-order chi connectivity index (χ1) is 32.5. The molecule has 0 radical (unpaired) electrons. The Labute approximate surface area is 394 Å². The van der Waals surface area contributed by atoms with Crippen LogP contribution < -0.4 is 61.4 Å². The standard InChI is InChI=1S/C24H24F3N7O3S.C20H20N6O3S/c1-2-34-22(37)18(38-23(34)17(12-29)21(36)30-9-8-28)13-31-15-5-3-6-16(11-15)32-20(35)14-33-10-4-7-19(33)24(25,26)27;1-3-17(27)25-14-7-5-6-13(10-14)24-12-16-19(29)26(4-2)20(30-16)15(11-22)18(28)23-9-8-21/h3,5-6,11,13,19,31H,2,4,7,9-10,14H2,1H3,(H,30,36)(H,32,35);5-7,10,12,24H,3-4,9H2,1-2H3,(H,23,28)(H,25,27). The summed E-state index contributed by atoms with van der Waals surface area (Å²) in [6, 6.07) is 18.9. The lowest BCUT2D eigenvalue weighted by Crippen LogP contribution is -2.44. The average Bonchev–Trinajstić information content (AvgIpc) is 4.01. The Bertz CT molecular complexity index is 3090. The van der Waals surface area contributed by atoms with Crippen molar-refractivity contribution >= 4 is 92.6 Å². The Morgan fingerprint density at radius 2 is 1.16 bits per heavy atom. The summed E-state index contributed by atoms with van der Waals surface area (Å²) in [6.45, 7) is 4.91. The Balaban J connectivity index is 0.000000305. The quantitative estimate of drug-likeness (QED) is 0.0923. The minimum absolute atomic E-state index is 0.0334. The lowest BCUT2D eigenvalue weighted by atomic mass is 10.2. The first-order valence-electron chi connectivity index (χ1n) is 20.7. The smallest absolute Gasteiger partial charge is 0.360 e. The van der Waals surface area contributed by atoms with Crippen molar-refractivity contribution in [1.82, 2.24) is 24.7 Å². The van der Waals surface area contributed by atoms with E-state index < -0.39 is 35.5 Å². The van der Waals surface area contributed by atoms with Crippen LogP contribution in [0.2, 0.25) is 0 Å². The fourth-order valence-corrected chi connectivity index (χ4v) is 8.66. The Hall–Kier alpha value is -8.03. The molecule has 4 aromatic rings. The number of benzene rings is 2. The second-order valence-corrected chi connectivity index (χ2v) is 16.2. The first-order valence-corrected chi connectivity index (χ1v) is 22.3. The monoisotopic (exact) mass is 971 g/mol. The molecule has 4 amide bonds. The number of hydrogen-bond acceptors (Lipinski definition) is 15. The van der Waals surface area contributed by atoms with Crippen LogP contribution in [0.5, 0.6) is 0 Å². The van der Waals surface area contributed by atoms with Gasteiger partial charge in [-0.1, -0.05) is 19.1 Å². The number of carbonyl (C=O) groups is 4. The van der Waals surface area contributed by atoms with Crippen LogP contribution in [0.15, 0.2) is 58.1 Å². The van der Waals surface area contributed by atoms with Crippen molar-refractivity contribution < 1.29 is 32.3 Å². The van der Waals surface area contributed by atoms with Gasteiger partial charge in [0.25, 0.3) is 22.9 Å². The Morgan fingerprint density at radius 3 is 1.56 bits per heavy atom. The predicted octanol–water partition coefficient (Wildman–Crippen LogP) is 1.50. The SMILES string of the molecule is CCC(=O)Nc1cccc(NC=c2sc(=C(C#N)C(=O)NCC#N)n(CC)c2=O)c1.CCn1c(=C(C#N)C(=O)NCC#N)sc(=CNc2cccc(NC(=O)CN3CCCC3C(F)(F)F)c2)c1=O. The van der Waals surface area contributed by atoms with Crippen LogP contribution in [0.4, 0.5) is 35.9 Å². The highest BCUT2D eigenvalue weighted by molar-refractivity contribution is 7.08. The van der Waals surface area contributed by atoms with Crippen molar-refractivity contribution in [3.63, 3.8) is 0 Å². The minimum atomic E-state index is -4.39. The van der Waals surface area contributed by atoms with Crippen LogP contribution in [0.3, 0.4) is 0 Å². The first kappa shape index (κ1) is 52.6. The highest BCUT2D eigenvalue weighted by Gasteiger charge is 2.46. The fraction of sp³-hybridized carbons (Fsp3) is 0.318. The largest absolute Gasteiger partial charge is 0.404 e. The molecule has 1 aliphatic rings. The molecule has 1 aliphatic heterocycles. The summed E-state index contributed by atoms with van der Waals surface area (Å²) in [7, 11) is 0. The molecule has 5 rings (SSSR count). The van der Waals surface area contributed by atoms with Crippen LogP contribution in [0.25, 0.3) is 23.5 Å². The molecule has 19 nitrogen and oxygen atoms in total. The van der Waals surface area contributed by atoms with Gasteiger partial charge in [0.2, 0.25) is 11.8 Å². The summed E-state index contributed by atoms with van der Waals surface area (Å²) in [4.78, 5) is 75.0. The minimum Gasteiger partial charge on any atom is -0.360 e. The molecule has 0 spiro atoms. The number of anilines is 4. The number of halogens is 3. The van der Waals surface area contributed by atoms with Gasteiger partial charge in [-0.2, -0.15) is 34.2 Å². The second kappa shape index (κ2) is 25.0. The van der Waals surface area contributed by atoms with E-state index in [1.54, 1.807) is 87.5 Å². The molecule has 354 valence electrons. The number of likely N-dealkylation sites (tertiary alicyclic amines) is 1. The highest BCUT2D eigenvalue weighted by Crippen LogP contribution is 2.32. The zero-order valence-electron chi connectivity index (χ0n) is 36.7. The summed E-state index contributed by atoms with van der Waals surface area (Å²) in [6.07, 6.45) is -0.808. The van der Waals surface area contributed by atoms with Gasteiger partial charge in [0, 0.05) is 54.7 Å². The molecular formula is C44H44F3N13O6S2. The van der Waals surface area contributed by atoms with E-state index in [1.807, 2.05) is 6.07 Å². The van der Waals surface area contributed by atoms with E-state index in [1.165, 1.54) is 21.5 Å². The van der Waals surface area contributed by atoms with Crippen LogP contribution in [0.1, 0.15) is 40.0 Å². The van der Waals surface area contributed by atoms with Crippen molar-refractivity contribution in [3.05, 3.63) is 87.6 Å². The lowest BCUT2D eigenvalue weighted by Gasteiger charge is -2.25. The number of carbonyl (C=O) groups excluding carboxylic acids is 4. The number of nitrogens with zero attached hydrogens (tertiary/aromatic N) is 7. The van der Waals surface area contributed by atoms with Crippen LogP contribution in [-0.2, 0) is 32.3 Å². The number of thiazole rings is 2. The van der Waals surface area contributed by atoms with Crippen LogP contribution >= 0.6 is 22.7 Å². The fourth-order valence-electron chi connectivity index (χ4n) is 6.48. The van der Waals surface area contributed by atoms with Gasteiger partial charge in [-0.05, 0) is 69.6 Å². The second-order valence-electron chi connectivity index (χ2n) is 14.2. The van der Waals surface area contributed by atoms with E-state index in [0.717, 1.165) is 27.6 Å². The maximum Gasteiger partial charge on any atom is 0.404 e. The summed E-state index contributed by atoms with van der Waals surface area (Å²) in [5.74, 6) is -2.17. The maximum atomic E-state index is 13.1. The van der Waals surface area contributed by atoms with E-state index >= 15 is 0 Å². The van der Waals surface area contributed by atoms with Crippen molar-refractivity contribution in [2.45, 2.75) is 65.3 Å². The zero-order chi connectivity index (χ0) is 50.0. The molecule has 68 heavy (non-hydrogen) atoms. The van der Waals surface area contributed by atoms with Crippen molar-refractivity contribution in [2.24, 2.45) is 0 Å². The summed E-state index contributed by atoms with van der Waals surface area (Å²) < 4.78 is 42.9. The molecule has 3 heterocycles. The molecule has 0 aliphatic carbocycles. The number of aromatic nitrogens is 2. The third-order valence-electron chi connectivity index (χ3n) is 9.65. The zero-order valence-corrected chi connectivity index (χ0v) is 38.4. The van der Waals surface area contributed by atoms with Gasteiger partial charge in [-0.3, -0.25) is 42.8 Å². The molecule has 0 bridgehead atoms. The lowest BCUT2D eigenvalue weighted by molar-refractivity contribution is -0.176. The van der Waals surface area contributed by atoms with E-state index in [-0.39, 0.29) is 82.2 Å². The van der Waals surface area contributed by atoms with Gasteiger partial charge < -0.3 is 31.9 Å². The summed E-state index contributed by atoms with van der Waals surface area (Å²) >= 11 is 1.92. The van der Waals surface area contributed by atoms with Gasteiger partial charge >= 0.3 is 6.18 Å². The molecular weight excluding hydrogens is 928 g/mol. The molecule has 1 fully saturated rings. The third-order valence-corrected chi connectivity index (χ3v) is 11.9. The van der Waals surface area contributed by atoms with E-state index in [0.29, 0.717) is 40.1 Å². The van der Waals surface area contributed by atoms with Gasteiger partial charge in [-0.25, -0.2) is 0 Å². The highest BCUT2D eigenvalue weighted by atomic mass is 32.1. The van der Waals surface area contributed by atoms with Crippen LogP contribution in [0, 0.1) is 45.3 Å². The number of rotatable bonds is 15. The van der Waals surface area contributed by atoms with Crippen molar-refractivity contribution in [3.8, 4) is 24.3 Å². The predicted molar refractivity (Wildman–Crippen MR) is 250 cm³/mol. The Morgan fingerprint density at radius 1 is 0.721 bits per heavy atom. The molecule has 1 saturated heterocycles. The third kappa shape index (κ3) is 14.0. The van der Waals surface area contributed by atoms with E-state index in [4.69, 9.17) is 10.5 Å². The number of alkyl halides is 3. The van der Waals surface area contributed by atoms with Gasteiger partial charge in [0.05, 0.1) is 18.7 Å². The number of hydrogen-bond donors (Lipinski definition) is 6. The number of nitriles is 4. The molecule has 1 atom stereocenters. The molecule has 6 N–H and O–H groups in total. The molecule has 1 unspecified atom stereocenters. The van der Waals surface area contributed by atoms with Crippen molar-refractivity contribution in [1.29, 1.82) is 21.0 Å². The van der Waals surface area contributed by atoms with E-state index in [9.17, 15) is 52.5 Å². The van der Waals surface area contributed by atoms with Gasteiger partial charge in [0.15, 0.2) is 11.1 Å². The molecule has 2 aromatic carbocycles. The van der Waals surface area contributed by atoms with E-state index in [2.05, 4.69) is 31.9 Å². The summed E-state index contributed by atoms with van der Waals surface area (Å²) in [5, 5.41) is 52.0. The van der Waals surface area contributed by atoms with Gasteiger partial charge in [0.1, 0.15) is 49.7 Å². The average molecular weight is 972 g/mol. The van der Waals surface area contributed by atoms with Crippen LogP contribution in [-0.4, -0.2) is 76.1 Å². The topological polar surface area (TPSA) is 283 Å². The maximum absolute atomic E-state index is 13.1. The molecule has 0 saturated carbocycles. The normalized spacial score (nSPS) is 14.6. The van der Waals surface area contributed by atoms with Crippen molar-refractivity contribution in [2.75, 3.05) is 47.4 Å². The Kier molecular flexibility index (Phi) is 19.4. The number of nitrogens with one attached hydrogen (secondary N) is 6. The van der Waals surface area contributed by atoms with Gasteiger partial charge in [-0.15, -0.1) is 22.7 Å². The summed E-state index contributed by atoms with van der Waals surface area (Å²) in [5.41, 5.74) is 0.799. The molecule has 24 heteroatoms. The number of amides is 4.